The Morgan fingerprint density at radius 2 is 2.19 bits per heavy atom. The van der Waals surface area contributed by atoms with Crippen LogP contribution in [0.25, 0.3) is 0 Å². The number of ether oxygens (including phenoxy) is 2. The zero-order valence-corrected chi connectivity index (χ0v) is 15.0. The zero-order valence-electron chi connectivity index (χ0n) is 15.0. The standard InChI is InChI=1S/C20H24O6/c1-10(6-8-21)18(22)25-14-9-11(2)13-5-7-20(4,24)16(13)17-15(14)12(3)19(23)26-17/h5-7,13-17,21,24H,2-3,8-9H2,1,4H3/b10-6+/t13-,14-,15-,16+,17-,20+/m1/s1. The lowest BCUT2D eigenvalue weighted by molar-refractivity contribution is -0.151. The number of rotatable bonds is 3. The highest BCUT2D eigenvalue weighted by Gasteiger charge is 2.58. The highest BCUT2D eigenvalue weighted by Crippen LogP contribution is 2.51. The second kappa shape index (κ2) is 6.52. The minimum atomic E-state index is -1.16. The van der Waals surface area contributed by atoms with Gasteiger partial charge in [0.25, 0.3) is 0 Å². The van der Waals surface area contributed by atoms with Crippen molar-refractivity contribution < 1.29 is 29.3 Å². The first-order chi connectivity index (χ1) is 12.2. The van der Waals surface area contributed by atoms with Crippen LogP contribution in [0.5, 0.6) is 0 Å². The van der Waals surface area contributed by atoms with Gasteiger partial charge in [-0.2, -0.15) is 0 Å². The number of allylic oxidation sites excluding steroid dienone is 1. The van der Waals surface area contributed by atoms with E-state index in [0.717, 1.165) is 5.57 Å². The summed E-state index contributed by atoms with van der Waals surface area (Å²) in [5.41, 5.74) is 0.172. The molecule has 1 saturated heterocycles. The molecule has 6 heteroatoms. The van der Waals surface area contributed by atoms with E-state index in [1.807, 2.05) is 6.08 Å². The van der Waals surface area contributed by atoms with Gasteiger partial charge in [0, 0.05) is 29.4 Å². The Kier molecular flexibility index (Phi) is 4.67. The normalized spacial score (nSPS) is 39.3. The van der Waals surface area contributed by atoms with Gasteiger partial charge in [-0.1, -0.05) is 30.9 Å². The van der Waals surface area contributed by atoms with Crippen LogP contribution in [0.1, 0.15) is 20.3 Å². The van der Waals surface area contributed by atoms with Crippen molar-refractivity contribution in [1.29, 1.82) is 0 Å². The summed E-state index contributed by atoms with van der Waals surface area (Å²) < 4.78 is 11.2. The first kappa shape index (κ1) is 18.6. The first-order valence-electron chi connectivity index (χ1n) is 8.65. The smallest absolute Gasteiger partial charge is 0.334 e. The third-order valence-electron chi connectivity index (χ3n) is 5.63. The molecule has 26 heavy (non-hydrogen) atoms. The van der Waals surface area contributed by atoms with Gasteiger partial charge in [0.15, 0.2) is 0 Å². The number of aliphatic hydroxyl groups is 2. The average Bonchev–Trinajstić information content (AvgIpc) is 2.98. The molecule has 1 saturated carbocycles. The van der Waals surface area contributed by atoms with Crippen LogP contribution in [0.4, 0.5) is 0 Å². The Morgan fingerprint density at radius 1 is 1.50 bits per heavy atom. The van der Waals surface area contributed by atoms with E-state index >= 15 is 0 Å². The summed E-state index contributed by atoms with van der Waals surface area (Å²) in [6, 6.07) is 0. The van der Waals surface area contributed by atoms with Gasteiger partial charge in [-0.05, 0) is 19.9 Å². The van der Waals surface area contributed by atoms with Crippen LogP contribution in [-0.4, -0.2) is 46.6 Å². The zero-order chi connectivity index (χ0) is 19.2. The van der Waals surface area contributed by atoms with Gasteiger partial charge < -0.3 is 19.7 Å². The number of hydrogen-bond acceptors (Lipinski definition) is 6. The highest BCUT2D eigenvalue weighted by atomic mass is 16.6. The van der Waals surface area contributed by atoms with E-state index in [4.69, 9.17) is 14.6 Å². The summed E-state index contributed by atoms with van der Waals surface area (Å²) in [6.45, 7) is 10.9. The number of carbonyl (C=O) groups excluding carboxylic acids is 2. The molecular formula is C20H24O6. The molecule has 2 N–H and O–H groups in total. The van der Waals surface area contributed by atoms with E-state index in [0.29, 0.717) is 6.42 Å². The Labute approximate surface area is 152 Å². The van der Waals surface area contributed by atoms with Gasteiger partial charge in [-0.25, -0.2) is 9.59 Å². The maximum absolute atomic E-state index is 12.3. The SMILES string of the molecule is C=C1C(=O)O[C@@H]2[C@H]1[C@H](OC(=O)/C(C)=C/CO)CC(=C)[C@H]1C=C[C@](C)(O)[C@H]21. The molecule has 1 aliphatic heterocycles. The van der Waals surface area contributed by atoms with Crippen molar-refractivity contribution >= 4 is 11.9 Å². The Morgan fingerprint density at radius 3 is 2.85 bits per heavy atom. The van der Waals surface area contributed by atoms with E-state index in [9.17, 15) is 14.7 Å². The van der Waals surface area contributed by atoms with Crippen LogP contribution < -0.4 is 0 Å². The molecule has 0 aromatic rings. The lowest BCUT2D eigenvalue weighted by Gasteiger charge is -2.34. The number of aliphatic hydroxyl groups excluding tert-OH is 1. The third-order valence-corrected chi connectivity index (χ3v) is 5.63. The third kappa shape index (κ3) is 2.93. The summed E-state index contributed by atoms with van der Waals surface area (Å²) in [4.78, 5) is 24.5. The molecular weight excluding hydrogens is 336 g/mol. The van der Waals surface area contributed by atoms with Crippen LogP contribution in [0.15, 0.2) is 48.1 Å². The van der Waals surface area contributed by atoms with Gasteiger partial charge in [-0.15, -0.1) is 0 Å². The molecule has 140 valence electrons. The average molecular weight is 360 g/mol. The Bertz CT molecular complexity index is 729. The molecule has 0 aromatic heterocycles. The molecule has 3 aliphatic rings. The topological polar surface area (TPSA) is 93.1 Å². The van der Waals surface area contributed by atoms with Crippen molar-refractivity contribution in [3.8, 4) is 0 Å². The molecule has 2 aliphatic carbocycles. The summed E-state index contributed by atoms with van der Waals surface area (Å²) in [5.74, 6) is -2.23. The summed E-state index contributed by atoms with van der Waals surface area (Å²) in [6.07, 6.45) is 3.97. The van der Waals surface area contributed by atoms with E-state index < -0.39 is 41.6 Å². The number of fused-ring (bicyclic) bond motifs is 3. The van der Waals surface area contributed by atoms with Crippen LogP contribution in [0.3, 0.4) is 0 Å². The second-order valence-electron chi connectivity index (χ2n) is 7.43. The van der Waals surface area contributed by atoms with Crippen molar-refractivity contribution in [2.45, 2.75) is 38.1 Å². The quantitative estimate of drug-likeness (QED) is 0.450. The second-order valence-corrected chi connectivity index (χ2v) is 7.43. The summed E-state index contributed by atoms with van der Waals surface area (Å²) in [5, 5.41) is 19.7. The number of carbonyl (C=O) groups is 2. The predicted molar refractivity (Wildman–Crippen MR) is 93.7 cm³/mol. The molecule has 3 rings (SSSR count). The molecule has 6 atom stereocenters. The molecule has 0 aromatic carbocycles. The van der Waals surface area contributed by atoms with Crippen molar-refractivity contribution in [2.75, 3.05) is 6.61 Å². The Hall–Kier alpha value is -2.18. The molecule has 6 nitrogen and oxygen atoms in total. The maximum Gasteiger partial charge on any atom is 0.334 e. The molecule has 0 radical (unpaired) electrons. The number of hydrogen-bond donors (Lipinski definition) is 2. The fourth-order valence-corrected chi connectivity index (χ4v) is 4.25. The largest absolute Gasteiger partial charge is 0.458 e. The molecule has 0 unspecified atom stereocenters. The molecule has 2 fully saturated rings. The fraction of sp³-hybridized carbons (Fsp3) is 0.500. The maximum atomic E-state index is 12.3. The summed E-state index contributed by atoms with van der Waals surface area (Å²) in [7, 11) is 0. The van der Waals surface area contributed by atoms with Gasteiger partial charge in [0.05, 0.1) is 18.1 Å². The van der Waals surface area contributed by atoms with Crippen LogP contribution >= 0.6 is 0 Å². The fourth-order valence-electron chi connectivity index (χ4n) is 4.25. The van der Waals surface area contributed by atoms with Gasteiger partial charge >= 0.3 is 11.9 Å². The molecule has 0 bridgehead atoms. The predicted octanol–water partition coefficient (Wildman–Crippen LogP) is 1.45. The van der Waals surface area contributed by atoms with Crippen molar-refractivity contribution in [3.63, 3.8) is 0 Å². The van der Waals surface area contributed by atoms with E-state index in [1.54, 1.807) is 19.9 Å². The van der Waals surface area contributed by atoms with Crippen molar-refractivity contribution in [1.82, 2.24) is 0 Å². The lowest BCUT2D eigenvalue weighted by Crippen LogP contribution is -2.44. The Balaban J connectivity index is 1.97. The van der Waals surface area contributed by atoms with Crippen LogP contribution in [-0.2, 0) is 19.1 Å². The van der Waals surface area contributed by atoms with Crippen molar-refractivity contribution in [3.05, 3.63) is 48.1 Å². The van der Waals surface area contributed by atoms with Gasteiger partial charge in [0.2, 0.25) is 0 Å². The lowest BCUT2D eigenvalue weighted by atomic mass is 9.76. The molecule has 0 amide bonds. The van der Waals surface area contributed by atoms with Gasteiger partial charge in [0.1, 0.15) is 12.2 Å². The minimum absolute atomic E-state index is 0.172. The first-order valence-corrected chi connectivity index (χ1v) is 8.65. The highest BCUT2D eigenvalue weighted by molar-refractivity contribution is 5.92. The van der Waals surface area contributed by atoms with E-state index in [-0.39, 0.29) is 23.7 Å². The van der Waals surface area contributed by atoms with E-state index in [1.165, 1.54) is 6.08 Å². The van der Waals surface area contributed by atoms with Crippen LogP contribution in [0.2, 0.25) is 0 Å². The minimum Gasteiger partial charge on any atom is -0.458 e. The molecule has 1 heterocycles. The van der Waals surface area contributed by atoms with Crippen molar-refractivity contribution in [2.24, 2.45) is 17.8 Å². The summed E-state index contributed by atoms with van der Waals surface area (Å²) >= 11 is 0. The monoisotopic (exact) mass is 360 g/mol. The number of esters is 2. The van der Waals surface area contributed by atoms with E-state index in [2.05, 4.69) is 13.2 Å². The molecule has 0 spiro atoms. The van der Waals surface area contributed by atoms with Gasteiger partial charge in [-0.3, -0.25) is 0 Å². The van der Waals surface area contributed by atoms with Crippen LogP contribution in [0, 0.1) is 17.8 Å².